The predicted octanol–water partition coefficient (Wildman–Crippen LogP) is 1.06. The molecule has 2 unspecified atom stereocenters. The molecule has 118 valence electrons. The van der Waals surface area contributed by atoms with Gasteiger partial charge in [-0.15, -0.1) is 0 Å². The van der Waals surface area contributed by atoms with E-state index in [4.69, 9.17) is 0 Å². The molecule has 2 amide bonds. The first-order valence-electron chi connectivity index (χ1n) is 7.88. The number of para-hydroxylation sites is 1. The molecule has 0 N–H and O–H groups in total. The molecule has 5 nitrogen and oxygen atoms in total. The number of carbonyl (C=O) groups is 2. The first-order valence-corrected chi connectivity index (χ1v) is 7.88. The molecule has 2 atom stereocenters. The highest BCUT2D eigenvalue weighted by Crippen LogP contribution is 2.42. The molecular weight excluding hydrogens is 278 g/mol. The minimum Gasteiger partial charge on any atom is -0.340 e. The second-order valence-corrected chi connectivity index (χ2v) is 6.31. The zero-order chi connectivity index (χ0) is 15.7. The van der Waals surface area contributed by atoms with Crippen molar-refractivity contribution in [3.05, 3.63) is 30.3 Å². The third-order valence-electron chi connectivity index (χ3n) is 4.71. The van der Waals surface area contributed by atoms with Gasteiger partial charge in [-0.3, -0.25) is 9.59 Å². The van der Waals surface area contributed by atoms with E-state index in [9.17, 15) is 9.59 Å². The minimum atomic E-state index is -0.141. The van der Waals surface area contributed by atoms with Crippen LogP contribution in [0.25, 0.3) is 0 Å². The van der Waals surface area contributed by atoms with Crippen molar-refractivity contribution in [2.75, 3.05) is 45.2 Å². The quantitative estimate of drug-likeness (QED) is 0.838. The normalized spacial score (nSPS) is 24.9. The van der Waals surface area contributed by atoms with Crippen molar-refractivity contribution in [3.63, 3.8) is 0 Å². The Morgan fingerprint density at radius 1 is 1.05 bits per heavy atom. The number of likely N-dealkylation sites (N-methyl/N-ethyl adjacent to an activating group) is 1. The molecule has 0 bridgehead atoms. The number of hydrogen-bond acceptors (Lipinski definition) is 3. The summed E-state index contributed by atoms with van der Waals surface area (Å²) in [7, 11) is 3.85. The van der Waals surface area contributed by atoms with Crippen LogP contribution in [-0.4, -0.2) is 61.9 Å². The second-order valence-electron chi connectivity index (χ2n) is 6.31. The lowest BCUT2D eigenvalue weighted by Gasteiger charge is -2.32. The van der Waals surface area contributed by atoms with Crippen LogP contribution >= 0.6 is 0 Å². The van der Waals surface area contributed by atoms with Crippen molar-refractivity contribution < 1.29 is 9.59 Å². The Labute approximate surface area is 131 Å². The van der Waals surface area contributed by atoms with Crippen molar-refractivity contribution >= 4 is 17.5 Å². The average Bonchev–Trinajstić information content (AvgIpc) is 3.35. The van der Waals surface area contributed by atoms with Gasteiger partial charge >= 0.3 is 0 Å². The molecule has 1 saturated carbocycles. The van der Waals surface area contributed by atoms with E-state index in [1.54, 1.807) is 11.9 Å². The first kappa shape index (κ1) is 15.0. The maximum atomic E-state index is 12.5. The lowest BCUT2D eigenvalue weighted by Crippen LogP contribution is -2.48. The molecule has 1 aliphatic carbocycles. The number of piperazine rings is 1. The Balaban J connectivity index is 1.57. The molecular formula is C17H23N3O2. The van der Waals surface area contributed by atoms with Gasteiger partial charge in [-0.2, -0.15) is 0 Å². The molecule has 0 spiro atoms. The minimum absolute atomic E-state index is 0.0543. The molecule has 1 aromatic rings. The fraction of sp³-hybridized carbons (Fsp3) is 0.529. The summed E-state index contributed by atoms with van der Waals surface area (Å²) in [6, 6.07) is 9.59. The molecule has 1 aliphatic heterocycles. The molecule has 3 rings (SSSR count). The topological polar surface area (TPSA) is 43.9 Å². The van der Waals surface area contributed by atoms with Gasteiger partial charge in [0.1, 0.15) is 0 Å². The van der Waals surface area contributed by atoms with Gasteiger partial charge in [0.25, 0.3) is 0 Å². The van der Waals surface area contributed by atoms with E-state index >= 15 is 0 Å². The molecule has 0 radical (unpaired) electrons. The number of amides is 2. The van der Waals surface area contributed by atoms with Crippen molar-refractivity contribution in [1.82, 2.24) is 9.80 Å². The molecule has 22 heavy (non-hydrogen) atoms. The van der Waals surface area contributed by atoms with Crippen molar-refractivity contribution in [2.24, 2.45) is 11.8 Å². The summed E-state index contributed by atoms with van der Waals surface area (Å²) in [4.78, 5) is 30.8. The van der Waals surface area contributed by atoms with E-state index < -0.39 is 0 Å². The smallest absolute Gasteiger partial charge is 0.230 e. The van der Waals surface area contributed by atoms with E-state index in [1.165, 1.54) is 0 Å². The van der Waals surface area contributed by atoms with Gasteiger partial charge in [0.2, 0.25) is 11.8 Å². The highest BCUT2D eigenvalue weighted by Gasteiger charge is 2.50. The molecule has 1 saturated heterocycles. The highest BCUT2D eigenvalue weighted by molar-refractivity contribution is 6.00. The third-order valence-corrected chi connectivity index (χ3v) is 4.71. The molecule has 1 aromatic carbocycles. The van der Waals surface area contributed by atoms with Crippen LogP contribution < -0.4 is 4.90 Å². The van der Waals surface area contributed by atoms with Crippen molar-refractivity contribution in [1.29, 1.82) is 0 Å². The molecule has 2 aliphatic rings. The van der Waals surface area contributed by atoms with E-state index in [1.807, 2.05) is 35.2 Å². The zero-order valence-electron chi connectivity index (χ0n) is 13.2. The number of anilines is 1. The van der Waals surface area contributed by atoms with Crippen LogP contribution in [0, 0.1) is 11.8 Å². The fourth-order valence-corrected chi connectivity index (χ4v) is 3.03. The van der Waals surface area contributed by atoms with Crippen LogP contribution in [0.1, 0.15) is 6.42 Å². The highest BCUT2D eigenvalue weighted by atomic mass is 16.2. The molecule has 0 aromatic heterocycles. The SMILES string of the molecule is CN1CCN(C(=O)C2CC2C(=O)N(C)c2ccccc2)CC1. The van der Waals surface area contributed by atoms with Crippen molar-refractivity contribution in [3.8, 4) is 0 Å². The van der Waals surface area contributed by atoms with Gasteiger partial charge in [0.05, 0.1) is 11.8 Å². The first-order chi connectivity index (χ1) is 10.6. The van der Waals surface area contributed by atoms with Gasteiger partial charge in [-0.25, -0.2) is 0 Å². The van der Waals surface area contributed by atoms with E-state index in [0.717, 1.165) is 31.9 Å². The van der Waals surface area contributed by atoms with Crippen LogP contribution in [0.5, 0.6) is 0 Å². The lowest BCUT2D eigenvalue weighted by molar-refractivity contribution is -0.135. The van der Waals surface area contributed by atoms with Crippen LogP contribution in [0.15, 0.2) is 30.3 Å². The summed E-state index contributed by atoms with van der Waals surface area (Å²) in [5.41, 5.74) is 0.880. The van der Waals surface area contributed by atoms with E-state index in [0.29, 0.717) is 6.42 Å². The van der Waals surface area contributed by atoms with Crippen molar-refractivity contribution in [2.45, 2.75) is 6.42 Å². The summed E-state index contributed by atoms with van der Waals surface area (Å²) < 4.78 is 0. The summed E-state index contributed by atoms with van der Waals surface area (Å²) in [5, 5.41) is 0. The third kappa shape index (κ3) is 2.99. The van der Waals surface area contributed by atoms with Crippen LogP contribution in [0.3, 0.4) is 0 Å². The van der Waals surface area contributed by atoms with Gasteiger partial charge in [0.15, 0.2) is 0 Å². The number of hydrogen-bond donors (Lipinski definition) is 0. The van der Waals surface area contributed by atoms with Crippen LogP contribution in [0.4, 0.5) is 5.69 Å². The number of rotatable bonds is 3. The van der Waals surface area contributed by atoms with Gasteiger partial charge in [-0.1, -0.05) is 18.2 Å². The fourth-order valence-electron chi connectivity index (χ4n) is 3.03. The van der Waals surface area contributed by atoms with Gasteiger partial charge in [-0.05, 0) is 25.6 Å². The Hall–Kier alpha value is -1.88. The number of carbonyl (C=O) groups excluding carboxylic acids is 2. The van der Waals surface area contributed by atoms with Gasteiger partial charge < -0.3 is 14.7 Å². The van der Waals surface area contributed by atoms with Gasteiger partial charge in [0, 0.05) is 38.9 Å². The Kier molecular flexibility index (Phi) is 4.16. The average molecular weight is 301 g/mol. The Morgan fingerprint density at radius 2 is 1.68 bits per heavy atom. The Morgan fingerprint density at radius 3 is 2.32 bits per heavy atom. The van der Waals surface area contributed by atoms with E-state index in [-0.39, 0.29) is 23.7 Å². The monoisotopic (exact) mass is 301 g/mol. The predicted molar refractivity (Wildman–Crippen MR) is 85.5 cm³/mol. The van der Waals surface area contributed by atoms with Crippen LogP contribution in [-0.2, 0) is 9.59 Å². The summed E-state index contributed by atoms with van der Waals surface area (Å²) >= 11 is 0. The summed E-state index contributed by atoms with van der Waals surface area (Å²) in [6.45, 7) is 3.39. The summed E-state index contributed by atoms with van der Waals surface area (Å²) in [6.07, 6.45) is 0.696. The zero-order valence-corrected chi connectivity index (χ0v) is 13.2. The van der Waals surface area contributed by atoms with E-state index in [2.05, 4.69) is 11.9 Å². The summed E-state index contributed by atoms with van der Waals surface area (Å²) in [5.74, 6) is -0.0361. The largest absolute Gasteiger partial charge is 0.340 e. The molecule has 1 heterocycles. The maximum Gasteiger partial charge on any atom is 0.230 e. The van der Waals surface area contributed by atoms with Crippen LogP contribution in [0.2, 0.25) is 0 Å². The lowest BCUT2D eigenvalue weighted by atomic mass is 10.2. The second kappa shape index (κ2) is 6.08. The molecule has 5 heteroatoms. The standard InChI is InChI=1S/C17H23N3O2/c1-18-8-10-20(11-9-18)17(22)15-12-14(15)16(21)19(2)13-6-4-3-5-7-13/h3-7,14-15H,8-12H2,1-2H3. The number of nitrogens with zero attached hydrogens (tertiary/aromatic N) is 3. The maximum absolute atomic E-state index is 12.5. The molecule has 2 fully saturated rings. The number of benzene rings is 1. The Bertz CT molecular complexity index is 552.